The molecule has 0 unspecified atom stereocenters. The standard InChI is InChI=1S/C13H16ClNO3/c1-5-18-13(17)11-10(15(3)4)6-8(2)9(7-16)12(11)14/h6-7H,5H2,1-4H3. The Kier molecular flexibility index (Phi) is 4.73. The van der Waals surface area contributed by atoms with Crippen LogP contribution < -0.4 is 4.90 Å². The molecule has 18 heavy (non-hydrogen) atoms. The van der Waals surface area contributed by atoms with E-state index in [1.165, 1.54) is 0 Å². The van der Waals surface area contributed by atoms with Gasteiger partial charge in [0.2, 0.25) is 0 Å². The molecule has 1 aromatic rings. The second-order valence-corrected chi connectivity index (χ2v) is 4.43. The van der Waals surface area contributed by atoms with Gasteiger partial charge in [-0.2, -0.15) is 0 Å². The van der Waals surface area contributed by atoms with Crippen LogP contribution in [0.25, 0.3) is 0 Å². The minimum absolute atomic E-state index is 0.146. The molecule has 98 valence electrons. The highest BCUT2D eigenvalue weighted by Gasteiger charge is 2.22. The van der Waals surface area contributed by atoms with Crippen LogP contribution in [-0.2, 0) is 4.74 Å². The topological polar surface area (TPSA) is 46.6 Å². The Morgan fingerprint density at radius 2 is 2.11 bits per heavy atom. The lowest BCUT2D eigenvalue weighted by Gasteiger charge is -2.19. The Morgan fingerprint density at radius 3 is 2.56 bits per heavy atom. The maximum atomic E-state index is 11.9. The quantitative estimate of drug-likeness (QED) is 0.623. The fourth-order valence-electron chi connectivity index (χ4n) is 1.67. The number of aryl methyl sites for hydroxylation is 1. The van der Waals surface area contributed by atoms with E-state index < -0.39 is 5.97 Å². The second kappa shape index (κ2) is 5.87. The average Bonchev–Trinajstić information content (AvgIpc) is 2.28. The summed E-state index contributed by atoms with van der Waals surface area (Å²) in [6, 6.07) is 1.75. The van der Waals surface area contributed by atoms with Crippen LogP contribution in [-0.4, -0.2) is 33.0 Å². The van der Waals surface area contributed by atoms with E-state index in [4.69, 9.17) is 16.3 Å². The molecule has 0 spiro atoms. The van der Waals surface area contributed by atoms with Gasteiger partial charge in [-0.1, -0.05) is 11.6 Å². The highest BCUT2D eigenvalue weighted by molar-refractivity contribution is 6.36. The smallest absolute Gasteiger partial charge is 0.341 e. The maximum absolute atomic E-state index is 11.9. The van der Waals surface area contributed by atoms with Gasteiger partial charge >= 0.3 is 5.97 Å². The number of ether oxygens (including phenoxy) is 1. The van der Waals surface area contributed by atoms with Gasteiger partial charge in [0.15, 0.2) is 6.29 Å². The lowest BCUT2D eigenvalue weighted by atomic mass is 10.0. The zero-order valence-corrected chi connectivity index (χ0v) is 11.7. The fourth-order valence-corrected chi connectivity index (χ4v) is 2.04. The van der Waals surface area contributed by atoms with Gasteiger partial charge < -0.3 is 9.64 Å². The van der Waals surface area contributed by atoms with Gasteiger partial charge in [0.1, 0.15) is 5.56 Å². The molecule has 0 radical (unpaired) electrons. The number of carbonyl (C=O) groups excluding carboxylic acids is 2. The van der Waals surface area contributed by atoms with Gasteiger partial charge in [0, 0.05) is 19.7 Å². The van der Waals surface area contributed by atoms with Crippen LogP contribution in [0.4, 0.5) is 5.69 Å². The molecule has 5 heteroatoms. The largest absolute Gasteiger partial charge is 0.462 e. The molecule has 0 saturated heterocycles. The molecular weight excluding hydrogens is 254 g/mol. The van der Waals surface area contributed by atoms with Crippen LogP contribution in [0.1, 0.15) is 33.2 Å². The second-order valence-electron chi connectivity index (χ2n) is 4.05. The summed E-state index contributed by atoms with van der Waals surface area (Å²) in [6.45, 7) is 3.75. The van der Waals surface area contributed by atoms with Crippen molar-refractivity contribution in [1.82, 2.24) is 0 Å². The number of anilines is 1. The van der Waals surface area contributed by atoms with Crippen molar-refractivity contribution >= 4 is 29.5 Å². The molecular formula is C13H16ClNO3. The van der Waals surface area contributed by atoms with E-state index >= 15 is 0 Å². The molecule has 0 aromatic heterocycles. The Balaban J connectivity index is 3.53. The fraction of sp³-hybridized carbons (Fsp3) is 0.385. The number of carbonyl (C=O) groups is 2. The summed E-state index contributed by atoms with van der Waals surface area (Å²) in [6.07, 6.45) is 0.653. The van der Waals surface area contributed by atoms with Crippen LogP contribution in [0, 0.1) is 6.92 Å². The monoisotopic (exact) mass is 269 g/mol. The van der Waals surface area contributed by atoms with Gasteiger partial charge in [-0.15, -0.1) is 0 Å². The molecule has 1 aromatic carbocycles. The molecule has 0 heterocycles. The number of rotatable bonds is 4. The highest BCUT2D eigenvalue weighted by Crippen LogP contribution is 2.32. The summed E-state index contributed by atoms with van der Waals surface area (Å²) in [5.41, 5.74) is 1.93. The van der Waals surface area contributed by atoms with Gasteiger partial charge in [0.05, 0.1) is 17.3 Å². The van der Waals surface area contributed by atoms with E-state index in [2.05, 4.69) is 0 Å². The van der Waals surface area contributed by atoms with Crippen molar-refractivity contribution < 1.29 is 14.3 Å². The molecule has 0 amide bonds. The molecule has 0 bridgehead atoms. The maximum Gasteiger partial charge on any atom is 0.341 e. The number of benzene rings is 1. The normalized spacial score (nSPS) is 10.1. The Labute approximate surface area is 111 Å². The zero-order chi connectivity index (χ0) is 13.9. The van der Waals surface area contributed by atoms with Crippen LogP contribution >= 0.6 is 11.6 Å². The Morgan fingerprint density at radius 1 is 1.50 bits per heavy atom. The molecule has 0 N–H and O–H groups in total. The Bertz CT molecular complexity index is 484. The van der Waals surface area contributed by atoms with Gasteiger partial charge in [-0.3, -0.25) is 4.79 Å². The van der Waals surface area contributed by atoms with Gasteiger partial charge in [-0.05, 0) is 25.5 Å². The van der Waals surface area contributed by atoms with Crippen molar-refractivity contribution in [3.8, 4) is 0 Å². The van der Waals surface area contributed by atoms with Crippen molar-refractivity contribution in [2.45, 2.75) is 13.8 Å². The first-order valence-corrected chi connectivity index (χ1v) is 5.94. The third kappa shape index (κ3) is 2.64. The minimum Gasteiger partial charge on any atom is -0.462 e. The van der Waals surface area contributed by atoms with Crippen molar-refractivity contribution in [3.05, 3.63) is 27.8 Å². The minimum atomic E-state index is -0.519. The summed E-state index contributed by atoms with van der Waals surface area (Å²) in [7, 11) is 3.60. The van der Waals surface area contributed by atoms with E-state index in [1.54, 1.807) is 38.9 Å². The first kappa shape index (κ1) is 14.5. The zero-order valence-electron chi connectivity index (χ0n) is 10.9. The van der Waals surface area contributed by atoms with E-state index in [1.807, 2.05) is 0 Å². The number of halogens is 1. The van der Waals surface area contributed by atoms with E-state index in [9.17, 15) is 9.59 Å². The number of esters is 1. The van der Waals surface area contributed by atoms with Crippen molar-refractivity contribution in [2.75, 3.05) is 25.6 Å². The summed E-state index contributed by atoms with van der Waals surface area (Å²) in [5.74, 6) is -0.519. The third-order valence-corrected chi connectivity index (χ3v) is 2.96. The predicted molar refractivity (Wildman–Crippen MR) is 71.9 cm³/mol. The van der Waals surface area contributed by atoms with Crippen molar-refractivity contribution in [3.63, 3.8) is 0 Å². The molecule has 0 aliphatic rings. The highest BCUT2D eigenvalue weighted by atomic mass is 35.5. The molecule has 0 atom stereocenters. The number of nitrogens with zero attached hydrogens (tertiary/aromatic N) is 1. The first-order valence-electron chi connectivity index (χ1n) is 5.56. The van der Waals surface area contributed by atoms with Crippen LogP contribution in [0.3, 0.4) is 0 Å². The molecule has 0 fully saturated rings. The molecule has 4 nitrogen and oxygen atoms in total. The average molecular weight is 270 g/mol. The van der Waals surface area contributed by atoms with Crippen LogP contribution in [0.15, 0.2) is 6.07 Å². The summed E-state index contributed by atoms with van der Waals surface area (Å²) in [5, 5.41) is 0.146. The first-order chi connectivity index (χ1) is 8.43. The van der Waals surface area contributed by atoms with Gasteiger partial charge in [-0.25, -0.2) is 4.79 Å². The summed E-state index contributed by atoms with van der Waals surface area (Å²) >= 11 is 6.14. The molecule has 1 rings (SSSR count). The molecule has 0 aliphatic heterocycles. The van der Waals surface area contributed by atoms with E-state index in [0.29, 0.717) is 17.5 Å². The van der Waals surface area contributed by atoms with E-state index in [0.717, 1.165) is 5.56 Å². The number of aldehydes is 1. The SMILES string of the molecule is CCOC(=O)c1c(N(C)C)cc(C)c(C=O)c1Cl. The van der Waals surface area contributed by atoms with Crippen molar-refractivity contribution in [1.29, 1.82) is 0 Å². The molecule has 0 aliphatic carbocycles. The van der Waals surface area contributed by atoms with Crippen LogP contribution in [0.5, 0.6) is 0 Å². The summed E-state index contributed by atoms with van der Waals surface area (Å²) in [4.78, 5) is 24.7. The lowest BCUT2D eigenvalue weighted by Crippen LogP contribution is -2.17. The lowest BCUT2D eigenvalue weighted by molar-refractivity contribution is 0.0527. The number of hydrogen-bond donors (Lipinski definition) is 0. The summed E-state index contributed by atoms with van der Waals surface area (Å²) < 4.78 is 4.97. The van der Waals surface area contributed by atoms with Crippen LogP contribution in [0.2, 0.25) is 5.02 Å². The van der Waals surface area contributed by atoms with Gasteiger partial charge in [0.25, 0.3) is 0 Å². The Hall–Kier alpha value is -1.55. The third-order valence-electron chi connectivity index (χ3n) is 2.57. The van der Waals surface area contributed by atoms with E-state index in [-0.39, 0.29) is 17.2 Å². The number of hydrogen-bond acceptors (Lipinski definition) is 4. The molecule has 0 saturated carbocycles. The van der Waals surface area contributed by atoms with Crippen molar-refractivity contribution in [2.24, 2.45) is 0 Å². The predicted octanol–water partition coefficient (Wildman–Crippen LogP) is 2.70.